The van der Waals surface area contributed by atoms with Crippen LogP contribution < -0.4 is 14.2 Å². The van der Waals surface area contributed by atoms with Crippen molar-refractivity contribution in [1.82, 2.24) is 4.90 Å². The zero-order chi connectivity index (χ0) is 15.9. The van der Waals surface area contributed by atoms with Gasteiger partial charge in [0.05, 0.1) is 46.2 Å². The van der Waals surface area contributed by atoms with Crippen LogP contribution in [-0.2, 0) is 4.74 Å². The van der Waals surface area contributed by atoms with Crippen molar-refractivity contribution in [3.8, 4) is 17.2 Å². The molecule has 1 aliphatic heterocycles. The van der Waals surface area contributed by atoms with Crippen LogP contribution in [0.4, 0.5) is 0 Å². The molecule has 1 aromatic rings. The molecule has 0 bridgehead atoms. The maximum Gasteiger partial charge on any atom is 0.132 e. The van der Waals surface area contributed by atoms with E-state index in [1.54, 1.807) is 33.5 Å². The molecule has 1 atom stereocenters. The van der Waals surface area contributed by atoms with E-state index in [0.717, 1.165) is 32.8 Å². The number of methoxy groups -OCH3 is 3. The Hall–Kier alpha value is -1.50. The van der Waals surface area contributed by atoms with E-state index in [0.29, 0.717) is 29.2 Å². The summed E-state index contributed by atoms with van der Waals surface area (Å²) in [4.78, 5) is 2.29. The molecule has 1 aromatic carbocycles. The number of hydrogen-bond acceptors (Lipinski definition) is 6. The van der Waals surface area contributed by atoms with E-state index in [4.69, 9.17) is 18.9 Å². The third-order valence-electron chi connectivity index (χ3n) is 3.91. The van der Waals surface area contributed by atoms with Gasteiger partial charge in [-0.2, -0.15) is 0 Å². The molecule has 0 amide bonds. The second kappa shape index (κ2) is 8.22. The van der Waals surface area contributed by atoms with Crippen LogP contribution in [0.3, 0.4) is 0 Å². The predicted molar refractivity (Wildman–Crippen MR) is 82.9 cm³/mol. The molecule has 1 aliphatic rings. The minimum atomic E-state index is -0.654. The first kappa shape index (κ1) is 16.9. The topological polar surface area (TPSA) is 60.4 Å². The highest BCUT2D eigenvalue weighted by atomic mass is 16.5. The van der Waals surface area contributed by atoms with E-state index < -0.39 is 6.10 Å². The normalized spacial score (nSPS) is 17.1. The number of aliphatic hydroxyl groups excluding tert-OH is 1. The van der Waals surface area contributed by atoms with Gasteiger partial charge in [-0.3, -0.25) is 4.90 Å². The van der Waals surface area contributed by atoms with E-state index in [1.165, 1.54) is 0 Å². The van der Waals surface area contributed by atoms with Crippen LogP contribution >= 0.6 is 0 Å². The van der Waals surface area contributed by atoms with Gasteiger partial charge in [0.1, 0.15) is 17.2 Å². The Labute approximate surface area is 131 Å². The van der Waals surface area contributed by atoms with E-state index in [-0.39, 0.29) is 0 Å². The number of aliphatic hydroxyl groups is 1. The Kier molecular flexibility index (Phi) is 6.30. The van der Waals surface area contributed by atoms with Crippen molar-refractivity contribution < 1.29 is 24.1 Å². The van der Waals surface area contributed by atoms with Crippen LogP contribution in [0.15, 0.2) is 12.1 Å². The van der Waals surface area contributed by atoms with Crippen LogP contribution in [0.2, 0.25) is 0 Å². The van der Waals surface area contributed by atoms with E-state index in [9.17, 15) is 5.11 Å². The van der Waals surface area contributed by atoms with Gasteiger partial charge < -0.3 is 24.1 Å². The zero-order valence-electron chi connectivity index (χ0n) is 13.5. The molecule has 0 spiro atoms. The van der Waals surface area contributed by atoms with E-state index in [1.807, 2.05) is 0 Å². The fraction of sp³-hybridized carbons (Fsp3) is 0.625. The SMILES string of the molecule is COc1cc(OC)c(C(O)CCN2CCOCC2)c(OC)c1. The fourth-order valence-electron chi connectivity index (χ4n) is 2.64. The number of benzene rings is 1. The Morgan fingerprint density at radius 2 is 1.68 bits per heavy atom. The van der Waals surface area contributed by atoms with Crippen molar-refractivity contribution >= 4 is 0 Å². The Morgan fingerprint density at radius 1 is 1.09 bits per heavy atom. The molecule has 1 fully saturated rings. The van der Waals surface area contributed by atoms with Gasteiger partial charge in [-0.15, -0.1) is 0 Å². The molecule has 6 nitrogen and oxygen atoms in total. The number of ether oxygens (including phenoxy) is 4. The average molecular weight is 311 g/mol. The molecule has 0 saturated carbocycles. The lowest BCUT2D eigenvalue weighted by atomic mass is 10.0. The Bertz CT molecular complexity index is 449. The molecule has 0 aromatic heterocycles. The molecule has 1 heterocycles. The van der Waals surface area contributed by atoms with Crippen LogP contribution in [0.5, 0.6) is 17.2 Å². The minimum absolute atomic E-state index is 0.575. The monoisotopic (exact) mass is 311 g/mol. The summed E-state index contributed by atoms with van der Waals surface area (Å²) in [5.74, 6) is 1.79. The third kappa shape index (κ3) is 4.03. The largest absolute Gasteiger partial charge is 0.496 e. The lowest BCUT2D eigenvalue weighted by molar-refractivity contribution is 0.0297. The van der Waals surface area contributed by atoms with Gasteiger partial charge >= 0.3 is 0 Å². The molecular formula is C16H25NO5. The smallest absolute Gasteiger partial charge is 0.132 e. The van der Waals surface area contributed by atoms with Gasteiger partial charge in [-0.1, -0.05) is 0 Å². The molecular weight excluding hydrogens is 286 g/mol. The van der Waals surface area contributed by atoms with Crippen molar-refractivity contribution in [2.24, 2.45) is 0 Å². The first-order valence-corrected chi connectivity index (χ1v) is 7.47. The van der Waals surface area contributed by atoms with Crippen LogP contribution in [-0.4, -0.2) is 64.2 Å². The van der Waals surface area contributed by atoms with Crippen LogP contribution in [0.25, 0.3) is 0 Å². The van der Waals surface area contributed by atoms with Crippen molar-refractivity contribution in [1.29, 1.82) is 0 Å². The number of morpholine rings is 1. The standard InChI is InChI=1S/C16H25NO5/c1-19-12-10-14(20-2)16(15(11-12)21-3)13(18)4-5-17-6-8-22-9-7-17/h10-11,13,18H,4-9H2,1-3H3. The van der Waals surface area contributed by atoms with Crippen LogP contribution in [0, 0.1) is 0 Å². The third-order valence-corrected chi connectivity index (χ3v) is 3.91. The lowest BCUT2D eigenvalue weighted by Gasteiger charge is -2.28. The van der Waals surface area contributed by atoms with Crippen molar-refractivity contribution in [3.63, 3.8) is 0 Å². The average Bonchev–Trinajstić information content (AvgIpc) is 2.59. The minimum Gasteiger partial charge on any atom is -0.496 e. The number of nitrogens with zero attached hydrogens (tertiary/aromatic N) is 1. The molecule has 6 heteroatoms. The summed E-state index contributed by atoms with van der Waals surface area (Å²) < 4.78 is 21.3. The molecule has 1 unspecified atom stereocenters. The molecule has 1 saturated heterocycles. The number of rotatable bonds is 7. The highest BCUT2D eigenvalue weighted by molar-refractivity contribution is 5.51. The van der Waals surface area contributed by atoms with E-state index in [2.05, 4.69) is 4.90 Å². The molecule has 1 N–H and O–H groups in total. The molecule has 22 heavy (non-hydrogen) atoms. The van der Waals surface area contributed by atoms with Gasteiger partial charge in [0, 0.05) is 31.8 Å². The summed E-state index contributed by atoms with van der Waals surface area (Å²) >= 11 is 0. The van der Waals surface area contributed by atoms with Gasteiger partial charge in [-0.25, -0.2) is 0 Å². The summed E-state index contributed by atoms with van der Waals surface area (Å²) in [6, 6.07) is 3.52. The molecule has 2 rings (SSSR count). The summed E-state index contributed by atoms with van der Waals surface area (Å²) in [6.45, 7) is 4.13. The van der Waals surface area contributed by atoms with Gasteiger partial charge in [0.15, 0.2) is 0 Å². The zero-order valence-corrected chi connectivity index (χ0v) is 13.5. The Balaban J connectivity index is 2.11. The summed E-state index contributed by atoms with van der Waals surface area (Å²) in [6.07, 6.45) is -0.0439. The number of hydrogen-bond donors (Lipinski definition) is 1. The second-order valence-corrected chi connectivity index (χ2v) is 5.20. The molecule has 0 aliphatic carbocycles. The summed E-state index contributed by atoms with van der Waals surface area (Å²) in [7, 11) is 4.74. The van der Waals surface area contributed by atoms with Crippen molar-refractivity contribution in [3.05, 3.63) is 17.7 Å². The highest BCUT2D eigenvalue weighted by Crippen LogP contribution is 2.39. The van der Waals surface area contributed by atoms with Gasteiger partial charge in [0.25, 0.3) is 0 Å². The molecule has 124 valence electrons. The van der Waals surface area contributed by atoms with Crippen LogP contribution in [0.1, 0.15) is 18.1 Å². The Morgan fingerprint density at radius 3 is 2.18 bits per heavy atom. The fourth-order valence-corrected chi connectivity index (χ4v) is 2.64. The summed E-state index contributed by atoms with van der Waals surface area (Å²) in [5, 5.41) is 10.6. The maximum atomic E-state index is 10.6. The quantitative estimate of drug-likeness (QED) is 0.823. The van der Waals surface area contributed by atoms with Crippen molar-refractivity contribution in [2.75, 3.05) is 54.2 Å². The molecule has 0 radical (unpaired) electrons. The lowest BCUT2D eigenvalue weighted by Crippen LogP contribution is -2.37. The van der Waals surface area contributed by atoms with Crippen molar-refractivity contribution in [2.45, 2.75) is 12.5 Å². The summed E-state index contributed by atoms with van der Waals surface area (Å²) in [5.41, 5.74) is 0.666. The first-order chi connectivity index (χ1) is 10.7. The maximum absolute atomic E-state index is 10.6. The predicted octanol–water partition coefficient (Wildman–Crippen LogP) is 1.47. The second-order valence-electron chi connectivity index (χ2n) is 5.20. The van der Waals surface area contributed by atoms with E-state index >= 15 is 0 Å². The first-order valence-electron chi connectivity index (χ1n) is 7.47. The van der Waals surface area contributed by atoms with Gasteiger partial charge in [0.2, 0.25) is 0 Å². The highest BCUT2D eigenvalue weighted by Gasteiger charge is 2.22. The van der Waals surface area contributed by atoms with Gasteiger partial charge in [-0.05, 0) is 6.42 Å².